The molecule has 0 unspecified atom stereocenters. The van der Waals surface area contributed by atoms with Gasteiger partial charge < -0.3 is 10.9 Å². The Morgan fingerprint density at radius 3 is 2.30 bits per heavy atom. The molecule has 56 valence electrons. The lowest BCUT2D eigenvalue weighted by Crippen LogP contribution is -1.81. The molecule has 0 spiro atoms. The maximum absolute atomic E-state index is 5.70. The molecule has 3 N–H and O–H groups in total. The highest BCUT2D eigenvalue weighted by molar-refractivity contribution is 6.32. The molecule has 1 aromatic rings. The first kappa shape index (κ1) is 9.27. The second kappa shape index (κ2) is 4.14. The van der Waals surface area contributed by atoms with Crippen molar-refractivity contribution in [3.8, 4) is 5.75 Å². The normalized spacial score (nSPS) is 8.20. The van der Waals surface area contributed by atoms with Crippen molar-refractivity contribution in [3.05, 3.63) is 29.3 Å². The smallest absolute Gasteiger partial charge is 0.137 e. The number of methoxy groups -OCH3 is 1. The van der Waals surface area contributed by atoms with E-state index < -0.39 is 0 Å². The number of halogens is 1. The lowest BCUT2D eigenvalue weighted by atomic mass is 10.3. The van der Waals surface area contributed by atoms with Gasteiger partial charge >= 0.3 is 0 Å². The van der Waals surface area contributed by atoms with Gasteiger partial charge in [0, 0.05) is 0 Å². The van der Waals surface area contributed by atoms with Crippen LogP contribution in [0.25, 0.3) is 0 Å². The fraction of sp³-hybridized carbons (Fsp3) is 0.143. The van der Waals surface area contributed by atoms with Gasteiger partial charge in [-0.2, -0.15) is 0 Å². The van der Waals surface area contributed by atoms with Crippen LogP contribution in [-0.2, 0) is 0 Å². The minimum atomic E-state index is 0. The maximum Gasteiger partial charge on any atom is 0.137 e. The first-order valence-electron chi connectivity index (χ1n) is 2.63. The summed E-state index contributed by atoms with van der Waals surface area (Å²) >= 11 is 5.70. The minimum absolute atomic E-state index is 0. The molecule has 0 bridgehead atoms. The average molecular weight is 160 g/mol. The fourth-order valence-corrected chi connectivity index (χ4v) is 0.823. The van der Waals surface area contributed by atoms with Gasteiger partial charge in [-0.3, -0.25) is 0 Å². The molecule has 0 aliphatic rings. The standard InChI is InChI=1S/C7H7ClO.H3N/c1-9-7-5-3-2-4-6(7)8;/h2-5H,1H3;1H3. The summed E-state index contributed by atoms with van der Waals surface area (Å²) in [6.07, 6.45) is 0. The first-order valence-corrected chi connectivity index (χ1v) is 3.01. The molecule has 0 aliphatic carbocycles. The van der Waals surface area contributed by atoms with E-state index in [1.807, 2.05) is 18.2 Å². The van der Waals surface area contributed by atoms with Gasteiger partial charge in [-0.15, -0.1) is 0 Å². The summed E-state index contributed by atoms with van der Waals surface area (Å²) in [5.74, 6) is 0.721. The van der Waals surface area contributed by atoms with E-state index in [1.165, 1.54) is 0 Å². The third-order valence-corrected chi connectivity index (χ3v) is 1.37. The molecule has 1 rings (SSSR count). The van der Waals surface area contributed by atoms with Crippen molar-refractivity contribution in [3.63, 3.8) is 0 Å². The van der Waals surface area contributed by atoms with E-state index >= 15 is 0 Å². The Kier molecular flexibility index (Phi) is 3.84. The number of rotatable bonds is 1. The van der Waals surface area contributed by atoms with Crippen LogP contribution in [0.1, 0.15) is 0 Å². The predicted octanol–water partition coefficient (Wildman–Crippen LogP) is 2.51. The van der Waals surface area contributed by atoms with Gasteiger partial charge in [0.1, 0.15) is 5.75 Å². The summed E-state index contributed by atoms with van der Waals surface area (Å²) in [6, 6.07) is 7.36. The molecule has 0 amide bonds. The van der Waals surface area contributed by atoms with Gasteiger partial charge in [0.25, 0.3) is 0 Å². The van der Waals surface area contributed by atoms with Crippen molar-refractivity contribution >= 4 is 11.6 Å². The number of hydrogen-bond donors (Lipinski definition) is 1. The van der Waals surface area contributed by atoms with Crippen LogP contribution in [0.4, 0.5) is 0 Å². The largest absolute Gasteiger partial charge is 0.495 e. The summed E-state index contributed by atoms with van der Waals surface area (Å²) in [6.45, 7) is 0. The molecule has 0 saturated carbocycles. The predicted molar refractivity (Wildman–Crippen MR) is 43.0 cm³/mol. The van der Waals surface area contributed by atoms with Crippen LogP contribution in [0, 0.1) is 0 Å². The zero-order valence-electron chi connectivity index (χ0n) is 5.80. The highest BCUT2D eigenvalue weighted by Gasteiger charge is 1.93. The van der Waals surface area contributed by atoms with Crippen LogP contribution in [0.5, 0.6) is 5.75 Å². The zero-order chi connectivity index (χ0) is 6.69. The monoisotopic (exact) mass is 159 g/mol. The summed E-state index contributed by atoms with van der Waals surface area (Å²) in [7, 11) is 1.60. The third-order valence-electron chi connectivity index (χ3n) is 1.06. The van der Waals surface area contributed by atoms with Crippen LogP contribution >= 0.6 is 11.6 Å². The first-order chi connectivity index (χ1) is 4.34. The van der Waals surface area contributed by atoms with Crippen molar-refractivity contribution < 1.29 is 4.74 Å². The highest BCUT2D eigenvalue weighted by Crippen LogP contribution is 2.21. The third kappa shape index (κ3) is 1.90. The van der Waals surface area contributed by atoms with Gasteiger partial charge in [0.05, 0.1) is 12.1 Å². The topological polar surface area (TPSA) is 44.2 Å². The Hall–Kier alpha value is -0.730. The number of benzene rings is 1. The van der Waals surface area contributed by atoms with Crippen molar-refractivity contribution in [2.75, 3.05) is 7.11 Å². The Bertz CT molecular complexity index is 203. The summed E-state index contributed by atoms with van der Waals surface area (Å²) in [5.41, 5.74) is 0. The lowest BCUT2D eigenvalue weighted by molar-refractivity contribution is 0.415. The Labute approximate surface area is 65.3 Å². The van der Waals surface area contributed by atoms with Crippen LogP contribution in [0.3, 0.4) is 0 Å². The molecule has 0 aliphatic heterocycles. The number of ether oxygens (including phenoxy) is 1. The second-order valence-electron chi connectivity index (χ2n) is 1.63. The molecular formula is C7H10ClNO. The lowest BCUT2D eigenvalue weighted by Gasteiger charge is -1.98. The van der Waals surface area contributed by atoms with E-state index in [9.17, 15) is 0 Å². The van der Waals surface area contributed by atoms with E-state index in [-0.39, 0.29) is 6.15 Å². The van der Waals surface area contributed by atoms with Gasteiger partial charge in [-0.05, 0) is 12.1 Å². The molecule has 0 saturated heterocycles. The molecule has 2 nitrogen and oxygen atoms in total. The average Bonchev–Trinajstić information content (AvgIpc) is 1.89. The molecule has 10 heavy (non-hydrogen) atoms. The van der Waals surface area contributed by atoms with Gasteiger partial charge in [0.15, 0.2) is 0 Å². The Morgan fingerprint density at radius 1 is 1.30 bits per heavy atom. The van der Waals surface area contributed by atoms with Gasteiger partial charge in [-0.1, -0.05) is 23.7 Å². The molecule has 0 heterocycles. The van der Waals surface area contributed by atoms with E-state index in [0.717, 1.165) is 5.75 Å². The summed E-state index contributed by atoms with van der Waals surface area (Å²) in [5, 5.41) is 0.653. The maximum atomic E-state index is 5.70. The SMILES string of the molecule is COc1ccccc1Cl.N. The summed E-state index contributed by atoms with van der Waals surface area (Å²) in [4.78, 5) is 0. The Morgan fingerprint density at radius 2 is 1.90 bits per heavy atom. The summed E-state index contributed by atoms with van der Waals surface area (Å²) < 4.78 is 4.91. The molecule has 0 atom stereocenters. The van der Waals surface area contributed by atoms with Crippen molar-refractivity contribution in [2.45, 2.75) is 0 Å². The van der Waals surface area contributed by atoms with Crippen molar-refractivity contribution in [2.24, 2.45) is 0 Å². The second-order valence-corrected chi connectivity index (χ2v) is 2.04. The van der Waals surface area contributed by atoms with Crippen LogP contribution < -0.4 is 10.9 Å². The van der Waals surface area contributed by atoms with Crippen LogP contribution in [0.15, 0.2) is 24.3 Å². The fourth-order valence-electron chi connectivity index (χ4n) is 0.610. The van der Waals surface area contributed by atoms with Crippen LogP contribution in [-0.4, -0.2) is 7.11 Å². The van der Waals surface area contributed by atoms with E-state index in [2.05, 4.69) is 0 Å². The minimum Gasteiger partial charge on any atom is -0.495 e. The van der Waals surface area contributed by atoms with Crippen molar-refractivity contribution in [1.29, 1.82) is 0 Å². The van der Waals surface area contributed by atoms with E-state index in [1.54, 1.807) is 13.2 Å². The van der Waals surface area contributed by atoms with E-state index in [0.29, 0.717) is 5.02 Å². The number of para-hydroxylation sites is 1. The highest BCUT2D eigenvalue weighted by atomic mass is 35.5. The van der Waals surface area contributed by atoms with E-state index in [4.69, 9.17) is 16.3 Å². The quantitative estimate of drug-likeness (QED) is 0.684. The zero-order valence-corrected chi connectivity index (χ0v) is 6.56. The molecule has 1 aromatic carbocycles. The van der Waals surface area contributed by atoms with Gasteiger partial charge in [-0.25, -0.2) is 0 Å². The Balaban J connectivity index is 0.000000810. The molecular weight excluding hydrogens is 150 g/mol. The van der Waals surface area contributed by atoms with Crippen molar-refractivity contribution in [1.82, 2.24) is 6.15 Å². The molecule has 0 radical (unpaired) electrons. The molecule has 3 heteroatoms. The van der Waals surface area contributed by atoms with Gasteiger partial charge in [0.2, 0.25) is 0 Å². The molecule has 0 aromatic heterocycles. The van der Waals surface area contributed by atoms with Crippen LogP contribution in [0.2, 0.25) is 5.02 Å². The molecule has 0 fully saturated rings. The number of hydrogen-bond acceptors (Lipinski definition) is 2.